The van der Waals surface area contributed by atoms with Crippen LogP contribution >= 0.6 is 11.3 Å². The normalized spacial score (nSPS) is 28.2. The maximum atomic E-state index is 12.6. The molecule has 21 heavy (non-hydrogen) atoms. The number of rotatable bonds is 1. The van der Waals surface area contributed by atoms with Gasteiger partial charge in [0, 0.05) is 24.6 Å². The van der Waals surface area contributed by atoms with Gasteiger partial charge in [0.25, 0.3) is 5.91 Å². The van der Waals surface area contributed by atoms with Gasteiger partial charge in [0.1, 0.15) is 0 Å². The number of benzene rings is 1. The van der Waals surface area contributed by atoms with Gasteiger partial charge in [-0.2, -0.15) is 0 Å². The second kappa shape index (κ2) is 4.68. The third-order valence-electron chi connectivity index (χ3n) is 4.76. The molecule has 1 saturated heterocycles. The fraction of sp³-hybridized carbons (Fsp3) is 0.467. The predicted molar refractivity (Wildman–Crippen MR) is 82.2 cm³/mol. The number of hydrogen-bond donors (Lipinski definition) is 2. The van der Waals surface area contributed by atoms with Gasteiger partial charge < -0.3 is 15.7 Å². The second-order valence-corrected chi connectivity index (χ2v) is 7.08. The molecule has 5 nitrogen and oxygen atoms in total. The van der Waals surface area contributed by atoms with Crippen molar-refractivity contribution >= 4 is 32.6 Å². The molecule has 3 atom stereocenters. The van der Waals surface area contributed by atoms with Crippen molar-refractivity contribution < 1.29 is 9.90 Å². The number of hydrogen-bond acceptors (Lipinski definition) is 5. The molecule has 0 radical (unpaired) electrons. The number of carbonyl (C=O) groups excluding carboxylic acids is 1. The Balaban J connectivity index is 1.59. The molecule has 1 amide bonds. The first-order chi connectivity index (χ1) is 10.1. The number of likely N-dealkylation sites (tertiary alicyclic amines) is 1. The average Bonchev–Trinajstić information content (AvgIpc) is 3.12. The summed E-state index contributed by atoms with van der Waals surface area (Å²) >= 11 is 1.40. The monoisotopic (exact) mass is 303 g/mol. The van der Waals surface area contributed by atoms with Gasteiger partial charge in [0.05, 0.1) is 16.3 Å². The SMILES string of the molecule is Nc1nc2ccc(C(=O)N3CC4CCC(O)C4C3)cc2s1. The van der Waals surface area contributed by atoms with Gasteiger partial charge in [-0.3, -0.25) is 4.79 Å². The molecule has 2 heterocycles. The average molecular weight is 303 g/mol. The smallest absolute Gasteiger partial charge is 0.253 e. The number of nitrogen functional groups attached to an aromatic ring is 1. The van der Waals surface area contributed by atoms with E-state index in [1.165, 1.54) is 11.3 Å². The minimum absolute atomic E-state index is 0.0467. The van der Waals surface area contributed by atoms with Gasteiger partial charge >= 0.3 is 0 Å². The van der Waals surface area contributed by atoms with Gasteiger partial charge in [-0.05, 0) is 37.0 Å². The van der Waals surface area contributed by atoms with E-state index in [0.717, 1.165) is 29.6 Å². The largest absolute Gasteiger partial charge is 0.393 e. The van der Waals surface area contributed by atoms with Crippen LogP contribution in [0.4, 0.5) is 5.13 Å². The van der Waals surface area contributed by atoms with Crippen LogP contribution in [-0.4, -0.2) is 40.1 Å². The van der Waals surface area contributed by atoms with E-state index in [4.69, 9.17) is 5.73 Å². The number of fused-ring (bicyclic) bond motifs is 2. The second-order valence-electron chi connectivity index (χ2n) is 6.01. The van der Waals surface area contributed by atoms with Crippen molar-refractivity contribution in [3.63, 3.8) is 0 Å². The number of carbonyl (C=O) groups is 1. The summed E-state index contributed by atoms with van der Waals surface area (Å²) in [6.07, 6.45) is 1.67. The van der Waals surface area contributed by atoms with Crippen molar-refractivity contribution in [1.82, 2.24) is 9.88 Å². The highest BCUT2D eigenvalue weighted by atomic mass is 32.1. The number of aliphatic hydroxyl groups excluding tert-OH is 1. The fourth-order valence-corrected chi connectivity index (χ4v) is 4.43. The van der Waals surface area contributed by atoms with Crippen LogP contribution in [0.3, 0.4) is 0 Å². The molecule has 1 saturated carbocycles. The van der Waals surface area contributed by atoms with E-state index in [9.17, 15) is 9.90 Å². The summed E-state index contributed by atoms with van der Waals surface area (Å²) in [5.41, 5.74) is 7.22. The minimum Gasteiger partial charge on any atom is -0.393 e. The molecule has 1 aromatic carbocycles. The third-order valence-corrected chi connectivity index (χ3v) is 5.61. The molecule has 110 valence electrons. The molecule has 1 aromatic heterocycles. The Labute approximate surface area is 126 Å². The van der Waals surface area contributed by atoms with Crippen LogP contribution in [0, 0.1) is 11.8 Å². The summed E-state index contributed by atoms with van der Waals surface area (Å²) in [6, 6.07) is 5.53. The highest BCUT2D eigenvalue weighted by molar-refractivity contribution is 7.22. The molecule has 0 spiro atoms. The van der Waals surface area contributed by atoms with Crippen molar-refractivity contribution in [3.05, 3.63) is 23.8 Å². The summed E-state index contributed by atoms with van der Waals surface area (Å²) in [5, 5.41) is 10.5. The number of nitrogens with zero attached hydrogens (tertiary/aromatic N) is 2. The van der Waals surface area contributed by atoms with E-state index in [1.807, 2.05) is 23.1 Å². The van der Waals surface area contributed by atoms with Crippen molar-refractivity contribution in [1.29, 1.82) is 0 Å². The Morgan fingerprint density at radius 3 is 3.05 bits per heavy atom. The van der Waals surface area contributed by atoms with Crippen LogP contribution < -0.4 is 5.73 Å². The quantitative estimate of drug-likeness (QED) is 0.840. The summed E-state index contributed by atoms with van der Waals surface area (Å²) in [5.74, 6) is 0.772. The lowest BCUT2D eigenvalue weighted by Gasteiger charge is -2.18. The van der Waals surface area contributed by atoms with Crippen molar-refractivity contribution in [2.45, 2.75) is 18.9 Å². The molecular formula is C15H17N3O2S. The van der Waals surface area contributed by atoms with Crippen LogP contribution in [0.1, 0.15) is 23.2 Å². The first-order valence-corrected chi connectivity index (χ1v) is 8.07. The van der Waals surface area contributed by atoms with Gasteiger partial charge in [-0.15, -0.1) is 0 Å². The van der Waals surface area contributed by atoms with E-state index in [1.54, 1.807) is 0 Å². The molecule has 2 fully saturated rings. The zero-order valence-corrected chi connectivity index (χ0v) is 12.3. The van der Waals surface area contributed by atoms with Crippen LogP contribution in [0.15, 0.2) is 18.2 Å². The summed E-state index contributed by atoms with van der Waals surface area (Å²) in [7, 11) is 0. The van der Waals surface area contributed by atoms with Crippen LogP contribution in [-0.2, 0) is 0 Å². The number of anilines is 1. The van der Waals surface area contributed by atoms with E-state index in [0.29, 0.717) is 23.2 Å². The van der Waals surface area contributed by atoms with Gasteiger partial charge in [0.15, 0.2) is 5.13 Å². The Morgan fingerprint density at radius 2 is 2.24 bits per heavy atom. The zero-order valence-electron chi connectivity index (χ0n) is 11.5. The van der Waals surface area contributed by atoms with Crippen LogP contribution in [0.5, 0.6) is 0 Å². The lowest BCUT2D eigenvalue weighted by atomic mass is 10.00. The molecule has 3 N–H and O–H groups in total. The van der Waals surface area contributed by atoms with Gasteiger partial charge in [0.2, 0.25) is 0 Å². The highest BCUT2D eigenvalue weighted by Crippen LogP contribution is 2.38. The molecule has 4 rings (SSSR count). The van der Waals surface area contributed by atoms with Gasteiger partial charge in [-0.1, -0.05) is 11.3 Å². The van der Waals surface area contributed by atoms with Crippen molar-refractivity contribution in [2.24, 2.45) is 11.8 Å². The molecule has 2 aliphatic rings. The van der Waals surface area contributed by atoms with Crippen molar-refractivity contribution in [3.8, 4) is 0 Å². The Kier molecular flexibility index (Phi) is 2.90. The number of amides is 1. The summed E-state index contributed by atoms with van der Waals surface area (Å²) in [4.78, 5) is 18.7. The van der Waals surface area contributed by atoms with Crippen LogP contribution in [0.25, 0.3) is 10.2 Å². The van der Waals surface area contributed by atoms with E-state index < -0.39 is 0 Å². The highest BCUT2D eigenvalue weighted by Gasteiger charge is 2.43. The maximum absolute atomic E-state index is 12.6. The molecule has 1 aliphatic heterocycles. The first kappa shape index (κ1) is 13.0. The van der Waals surface area contributed by atoms with Gasteiger partial charge in [-0.25, -0.2) is 4.98 Å². The topological polar surface area (TPSA) is 79.5 Å². The molecule has 1 aliphatic carbocycles. The summed E-state index contributed by atoms with van der Waals surface area (Å²) in [6.45, 7) is 1.44. The van der Waals surface area contributed by atoms with E-state index in [2.05, 4.69) is 4.98 Å². The fourth-order valence-electron chi connectivity index (χ4n) is 3.66. The number of thiazole rings is 1. The third kappa shape index (κ3) is 2.10. The lowest BCUT2D eigenvalue weighted by Crippen LogP contribution is -2.31. The Bertz CT molecular complexity index is 714. The standard InChI is InChI=1S/C15H17N3O2S/c16-15-17-11-3-1-8(5-13(11)21-15)14(20)18-6-9-2-4-12(19)10(9)7-18/h1,3,5,9-10,12,19H,2,4,6-7H2,(H2,16,17). The summed E-state index contributed by atoms with van der Waals surface area (Å²) < 4.78 is 0.942. The Morgan fingerprint density at radius 1 is 1.38 bits per heavy atom. The lowest BCUT2D eigenvalue weighted by molar-refractivity contribution is 0.0752. The number of aromatic nitrogens is 1. The molecule has 0 bridgehead atoms. The molecule has 2 aromatic rings. The Hall–Kier alpha value is -1.66. The molecule has 6 heteroatoms. The molecular weight excluding hydrogens is 286 g/mol. The van der Waals surface area contributed by atoms with E-state index >= 15 is 0 Å². The predicted octanol–water partition coefficient (Wildman–Crippen LogP) is 1.72. The first-order valence-electron chi connectivity index (χ1n) is 7.25. The van der Waals surface area contributed by atoms with E-state index in [-0.39, 0.29) is 17.9 Å². The molecule has 3 unspecified atom stereocenters. The number of aliphatic hydroxyl groups is 1. The minimum atomic E-state index is -0.239. The van der Waals surface area contributed by atoms with Crippen LogP contribution in [0.2, 0.25) is 0 Å². The zero-order chi connectivity index (χ0) is 14.6. The maximum Gasteiger partial charge on any atom is 0.253 e. The van der Waals surface area contributed by atoms with Crippen molar-refractivity contribution in [2.75, 3.05) is 18.8 Å². The number of nitrogens with two attached hydrogens (primary N) is 1.